The highest BCUT2D eigenvalue weighted by Gasteiger charge is 2.49. The van der Waals surface area contributed by atoms with Crippen LogP contribution in [0.1, 0.15) is 46.5 Å². The van der Waals surface area contributed by atoms with E-state index in [0.717, 1.165) is 5.92 Å². The van der Waals surface area contributed by atoms with Crippen LogP contribution >= 0.6 is 11.3 Å². The summed E-state index contributed by atoms with van der Waals surface area (Å²) >= 11 is 1.95. The van der Waals surface area contributed by atoms with Crippen molar-refractivity contribution in [1.29, 1.82) is 0 Å². The summed E-state index contributed by atoms with van der Waals surface area (Å²) in [5.74, 6) is 0.971. The van der Waals surface area contributed by atoms with E-state index in [4.69, 9.17) is 0 Å². The van der Waals surface area contributed by atoms with Crippen molar-refractivity contribution >= 4 is 11.3 Å². The lowest BCUT2D eigenvalue weighted by Gasteiger charge is -2.22. The van der Waals surface area contributed by atoms with Gasteiger partial charge in [-0.25, -0.2) is 0 Å². The van der Waals surface area contributed by atoms with E-state index in [-0.39, 0.29) is 0 Å². The van der Waals surface area contributed by atoms with Gasteiger partial charge in [-0.05, 0) is 46.9 Å². The standard InChI is InChI=1S/C16H15NS/c1-2-4-12-11(3-1)14-13-7-8-18-16(13)15(12)17(14)9-10-5-6-10/h1-4,7-8,10,14-15H,5-6,9H2. The summed E-state index contributed by atoms with van der Waals surface area (Å²) in [6, 6.07) is 12.5. The molecule has 1 aliphatic carbocycles. The number of hydrogen-bond donors (Lipinski definition) is 0. The third kappa shape index (κ3) is 1.11. The zero-order valence-corrected chi connectivity index (χ0v) is 11.0. The first kappa shape index (κ1) is 9.76. The van der Waals surface area contributed by atoms with Gasteiger partial charge in [0, 0.05) is 11.4 Å². The van der Waals surface area contributed by atoms with Crippen molar-refractivity contribution in [3.05, 3.63) is 57.3 Å². The topological polar surface area (TPSA) is 3.24 Å². The second kappa shape index (κ2) is 3.25. The van der Waals surface area contributed by atoms with Gasteiger partial charge in [0.05, 0.1) is 12.1 Å². The maximum Gasteiger partial charge on any atom is 0.0710 e. The van der Waals surface area contributed by atoms with E-state index in [0.29, 0.717) is 12.1 Å². The Labute approximate surface area is 111 Å². The molecule has 0 amide bonds. The summed E-state index contributed by atoms with van der Waals surface area (Å²) in [5.41, 5.74) is 4.72. The lowest BCUT2D eigenvalue weighted by Crippen LogP contribution is -2.23. The fraction of sp³-hybridized carbons (Fsp3) is 0.375. The van der Waals surface area contributed by atoms with Crippen molar-refractivity contribution in [1.82, 2.24) is 4.90 Å². The summed E-state index contributed by atoms with van der Waals surface area (Å²) in [7, 11) is 0. The lowest BCUT2D eigenvalue weighted by molar-refractivity contribution is 0.228. The Morgan fingerprint density at radius 3 is 2.56 bits per heavy atom. The first-order valence-electron chi connectivity index (χ1n) is 6.85. The van der Waals surface area contributed by atoms with Gasteiger partial charge < -0.3 is 0 Å². The van der Waals surface area contributed by atoms with E-state index in [2.05, 4.69) is 40.6 Å². The summed E-state index contributed by atoms with van der Waals surface area (Å²) < 4.78 is 0. The zero-order valence-electron chi connectivity index (χ0n) is 10.2. The average Bonchev–Trinajstić information content (AvgIpc) is 2.87. The minimum atomic E-state index is 0.563. The van der Waals surface area contributed by atoms with Crippen LogP contribution < -0.4 is 0 Å². The Morgan fingerprint density at radius 2 is 1.78 bits per heavy atom. The van der Waals surface area contributed by atoms with Crippen molar-refractivity contribution in [2.45, 2.75) is 24.9 Å². The fourth-order valence-electron chi connectivity index (χ4n) is 3.74. The molecule has 1 aromatic carbocycles. The quantitative estimate of drug-likeness (QED) is 0.783. The van der Waals surface area contributed by atoms with E-state index < -0.39 is 0 Å². The smallest absolute Gasteiger partial charge is 0.0710 e. The van der Waals surface area contributed by atoms with Crippen LogP contribution in [-0.4, -0.2) is 11.4 Å². The first-order valence-corrected chi connectivity index (χ1v) is 7.73. The van der Waals surface area contributed by atoms with E-state index >= 15 is 0 Å². The van der Waals surface area contributed by atoms with Gasteiger partial charge in [0.2, 0.25) is 0 Å². The minimum absolute atomic E-state index is 0.563. The van der Waals surface area contributed by atoms with Crippen molar-refractivity contribution in [3.8, 4) is 0 Å². The van der Waals surface area contributed by atoms with Crippen LogP contribution in [0.3, 0.4) is 0 Å². The predicted octanol–water partition coefficient (Wildman–Crippen LogP) is 3.97. The Kier molecular flexibility index (Phi) is 1.76. The molecule has 0 saturated heterocycles. The van der Waals surface area contributed by atoms with Gasteiger partial charge in [0.25, 0.3) is 0 Å². The molecule has 1 saturated carbocycles. The fourth-order valence-corrected chi connectivity index (χ4v) is 4.81. The van der Waals surface area contributed by atoms with E-state index in [1.165, 1.54) is 19.4 Å². The molecule has 1 nitrogen and oxygen atoms in total. The zero-order chi connectivity index (χ0) is 11.7. The van der Waals surface area contributed by atoms with Crippen molar-refractivity contribution in [2.75, 3.05) is 6.54 Å². The molecule has 2 aliphatic heterocycles. The van der Waals surface area contributed by atoms with Gasteiger partial charge in [-0.2, -0.15) is 0 Å². The molecule has 2 atom stereocenters. The maximum atomic E-state index is 2.75. The van der Waals surface area contributed by atoms with Crippen molar-refractivity contribution in [2.24, 2.45) is 5.92 Å². The van der Waals surface area contributed by atoms with Crippen LogP contribution in [0.4, 0.5) is 0 Å². The highest BCUT2D eigenvalue weighted by Crippen LogP contribution is 2.58. The molecule has 3 aliphatic rings. The monoisotopic (exact) mass is 253 g/mol. The SMILES string of the molecule is c1ccc2c(c1)C1c3ccsc3C2N1CC1CC1. The summed E-state index contributed by atoms with van der Waals surface area (Å²) in [4.78, 5) is 4.36. The second-order valence-electron chi connectivity index (χ2n) is 5.81. The summed E-state index contributed by atoms with van der Waals surface area (Å²) in [6.45, 7) is 1.30. The number of benzene rings is 1. The van der Waals surface area contributed by atoms with Crippen LogP contribution in [-0.2, 0) is 0 Å². The number of rotatable bonds is 2. The minimum Gasteiger partial charge on any atom is -0.280 e. The van der Waals surface area contributed by atoms with Crippen LogP contribution in [0.2, 0.25) is 0 Å². The predicted molar refractivity (Wildman–Crippen MR) is 73.9 cm³/mol. The first-order chi connectivity index (χ1) is 8.93. The molecule has 0 N–H and O–H groups in total. The maximum absolute atomic E-state index is 2.75. The highest BCUT2D eigenvalue weighted by molar-refractivity contribution is 7.10. The van der Waals surface area contributed by atoms with Crippen LogP contribution in [0.25, 0.3) is 0 Å². The third-order valence-corrected chi connectivity index (χ3v) is 5.67. The Hall–Kier alpha value is -1.12. The van der Waals surface area contributed by atoms with Gasteiger partial charge in [-0.1, -0.05) is 24.3 Å². The molecule has 2 unspecified atom stereocenters. The van der Waals surface area contributed by atoms with E-state index in [9.17, 15) is 0 Å². The number of nitrogens with zero attached hydrogens (tertiary/aromatic N) is 1. The summed E-state index contributed by atoms with van der Waals surface area (Å²) in [5, 5.41) is 2.27. The van der Waals surface area contributed by atoms with Crippen LogP contribution in [0.15, 0.2) is 35.7 Å². The third-order valence-electron chi connectivity index (χ3n) is 4.68. The number of thiophene rings is 1. The largest absolute Gasteiger partial charge is 0.280 e. The van der Waals surface area contributed by atoms with Crippen LogP contribution in [0, 0.1) is 5.92 Å². The second-order valence-corrected chi connectivity index (χ2v) is 6.76. The van der Waals surface area contributed by atoms with E-state index in [1.54, 1.807) is 21.6 Å². The average molecular weight is 253 g/mol. The number of hydrogen-bond acceptors (Lipinski definition) is 2. The molecule has 3 heterocycles. The highest BCUT2D eigenvalue weighted by atomic mass is 32.1. The molecule has 5 rings (SSSR count). The molecule has 90 valence electrons. The van der Waals surface area contributed by atoms with Crippen LogP contribution in [0.5, 0.6) is 0 Å². The van der Waals surface area contributed by atoms with Gasteiger partial charge >= 0.3 is 0 Å². The van der Waals surface area contributed by atoms with Crippen molar-refractivity contribution in [3.63, 3.8) is 0 Å². The van der Waals surface area contributed by atoms with Gasteiger partial charge in [0.1, 0.15) is 0 Å². The molecule has 0 spiro atoms. The normalized spacial score (nSPS) is 28.4. The molecule has 18 heavy (non-hydrogen) atoms. The molecule has 2 heteroatoms. The lowest BCUT2D eigenvalue weighted by atomic mass is 9.91. The number of fused-ring (bicyclic) bond motifs is 8. The Balaban J connectivity index is 1.68. The van der Waals surface area contributed by atoms with Gasteiger partial charge in [0.15, 0.2) is 0 Å². The molecule has 2 aromatic rings. The summed E-state index contributed by atoms with van der Waals surface area (Å²) in [6.07, 6.45) is 2.89. The molecule has 1 fully saturated rings. The van der Waals surface area contributed by atoms with Gasteiger partial charge in [-0.3, -0.25) is 4.90 Å². The van der Waals surface area contributed by atoms with Gasteiger partial charge in [-0.15, -0.1) is 11.3 Å². The van der Waals surface area contributed by atoms with Crippen molar-refractivity contribution < 1.29 is 0 Å². The van der Waals surface area contributed by atoms with E-state index in [1.807, 2.05) is 11.3 Å². The Morgan fingerprint density at radius 1 is 1.00 bits per heavy atom. The molecule has 2 bridgehead atoms. The molecular formula is C16H15NS. The molecule has 1 aromatic heterocycles. The Bertz CT molecular complexity index is 580. The molecular weight excluding hydrogens is 238 g/mol. The molecule has 0 radical (unpaired) electrons.